The van der Waals surface area contributed by atoms with Crippen molar-refractivity contribution in [2.24, 2.45) is 0 Å². The van der Waals surface area contributed by atoms with Crippen LogP contribution in [0.1, 0.15) is 48.0 Å². The van der Waals surface area contributed by atoms with E-state index in [0.29, 0.717) is 0 Å². The Labute approximate surface area is 85.6 Å². The highest BCUT2D eigenvalue weighted by atomic mass is 16.5. The molecule has 0 aliphatic carbocycles. The van der Waals surface area contributed by atoms with Crippen LogP contribution in [-0.2, 0) is 9.47 Å². The molecular formula is C11H30O2. The van der Waals surface area contributed by atoms with Gasteiger partial charge in [-0.15, -0.1) is 0 Å². The second-order valence-corrected chi connectivity index (χ2v) is 1.86. The summed E-state index contributed by atoms with van der Waals surface area (Å²) < 4.78 is 9.08. The zero-order valence-corrected chi connectivity index (χ0v) is 10.9. The van der Waals surface area contributed by atoms with Gasteiger partial charge < -0.3 is 9.47 Å². The molecule has 0 aromatic carbocycles. The van der Waals surface area contributed by atoms with Crippen LogP contribution in [0, 0.1) is 0 Å². The third-order valence-electron chi connectivity index (χ3n) is 0.577. The van der Waals surface area contributed by atoms with E-state index in [9.17, 15) is 0 Å². The highest BCUT2D eigenvalue weighted by molar-refractivity contribution is 3.95. The largest absolute Gasteiger partial charge is 0.385 e. The zero-order valence-electron chi connectivity index (χ0n) is 10.9. The van der Waals surface area contributed by atoms with Gasteiger partial charge in [-0.25, -0.2) is 0 Å². The minimum absolute atomic E-state index is 0.819. The lowest BCUT2D eigenvalue weighted by Crippen LogP contribution is -1.73. The fourth-order valence-corrected chi connectivity index (χ4v) is 0. The molecule has 2 nitrogen and oxygen atoms in total. The van der Waals surface area contributed by atoms with E-state index in [1.165, 1.54) is 6.42 Å². The average Bonchev–Trinajstić information content (AvgIpc) is 2.22. The predicted molar refractivity (Wildman–Crippen MR) is 62.4 cm³/mol. The lowest BCUT2D eigenvalue weighted by molar-refractivity contribution is 0.215. The summed E-state index contributed by atoms with van der Waals surface area (Å²) in [7, 11) is 3.36. The maximum atomic E-state index is 4.54. The summed E-state index contributed by atoms with van der Waals surface area (Å²) in [5, 5.41) is 0. The minimum atomic E-state index is 0.819. The van der Waals surface area contributed by atoms with Gasteiger partial charge in [0.25, 0.3) is 0 Å². The van der Waals surface area contributed by atoms with Gasteiger partial charge in [0.05, 0.1) is 0 Å². The molecule has 0 aliphatic heterocycles. The topological polar surface area (TPSA) is 18.5 Å². The first-order chi connectivity index (χ1) is 6.24. The Kier molecular flexibility index (Phi) is 104. The Morgan fingerprint density at radius 2 is 0.769 bits per heavy atom. The monoisotopic (exact) mass is 194 g/mol. The summed E-state index contributed by atoms with van der Waals surface area (Å²) in [5.41, 5.74) is 0. The van der Waals surface area contributed by atoms with Crippen molar-refractivity contribution < 1.29 is 9.47 Å². The van der Waals surface area contributed by atoms with Crippen molar-refractivity contribution in [3.8, 4) is 0 Å². The molecule has 0 rings (SSSR count). The van der Waals surface area contributed by atoms with E-state index in [2.05, 4.69) is 23.3 Å². The summed E-state index contributed by atoms with van der Waals surface area (Å²) in [4.78, 5) is 0. The van der Waals surface area contributed by atoms with Crippen LogP contribution in [0.5, 0.6) is 0 Å². The first kappa shape index (κ1) is 23.1. The molecule has 0 heterocycles. The molecule has 0 radical (unpaired) electrons. The van der Waals surface area contributed by atoms with Crippen molar-refractivity contribution in [2.45, 2.75) is 48.0 Å². The van der Waals surface area contributed by atoms with Crippen molar-refractivity contribution in [2.75, 3.05) is 27.4 Å². The third-order valence-corrected chi connectivity index (χ3v) is 0.577. The predicted octanol–water partition coefficient (Wildman–Crippen LogP) is 3.75. The van der Waals surface area contributed by atoms with Gasteiger partial charge in [-0.05, 0) is 13.8 Å². The summed E-state index contributed by atoms with van der Waals surface area (Å²) in [6, 6.07) is 0. The van der Waals surface area contributed by atoms with E-state index in [0.717, 1.165) is 13.2 Å². The lowest BCUT2D eigenvalue weighted by Gasteiger charge is -1.76. The van der Waals surface area contributed by atoms with Gasteiger partial charge in [0, 0.05) is 27.4 Å². The quantitative estimate of drug-likeness (QED) is 0.666. The van der Waals surface area contributed by atoms with Crippen molar-refractivity contribution in [1.29, 1.82) is 0 Å². The van der Waals surface area contributed by atoms with Crippen molar-refractivity contribution in [3.05, 3.63) is 0 Å². The van der Waals surface area contributed by atoms with Gasteiger partial charge in [0.15, 0.2) is 0 Å². The van der Waals surface area contributed by atoms with E-state index in [1.807, 2.05) is 27.7 Å². The third kappa shape index (κ3) is 318. The zero-order chi connectivity index (χ0) is 11.5. The Bertz CT molecular complexity index is 23.3. The Morgan fingerprint density at radius 3 is 0.769 bits per heavy atom. The second-order valence-electron chi connectivity index (χ2n) is 1.86. The molecule has 0 saturated carbocycles. The molecule has 0 atom stereocenters. The van der Waals surface area contributed by atoms with Gasteiger partial charge >= 0.3 is 0 Å². The normalized spacial score (nSPS) is 6.46. The molecule has 0 spiro atoms. The van der Waals surface area contributed by atoms with Crippen molar-refractivity contribution in [3.63, 3.8) is 0 Å². The van der Waals surface area contributed by atoms with E-state index in [1.54, 1.807) is 14.2 Å². The molecule has 0 aromatic rings. The van der Waals surface area contributed by atoms with Gasteiger partial charge in [-0.3, -0.25) is 0 Å². The first-order valence-corrected chi connectivity index (χ1v) is 5.22. The molecule has 0 bridgehead atoms. The Balaban J connectivity index is -0.0000000431. The van der Waals surface area contributed by atoms with Crippen LogP contribution in [0.2, 0.25) is 0 Å². The molecule has 0 fully saturated rings. The fourth-order valence-electron chi connectivity index (χ4n) is 0. The summed E-state index contributed by atoms with van der Waals surface area (Å²) >= 11 is 0. The molecule has 0 N–H and O–H groups in total. The molecule has 86 valence electrons. The fraction of sp³-hybridized carbons (Fsp3) is 1.00. The van der Waals surface area contributed by atoms with Crippen LogP contribution in [0.3, 0.4) is 0 Å². The average molecular weight is 194 g/mol. The van der Waals surface area contributed by atoms with Gasteiger partial charge in [-0.1, -0.05) is 34.1 Å². The Morgan fingerprint density at radius 1 is 0.692 bits per heavy atom. The molecule has 0 unspecified atom stereocenters. The number of methoxy groups -OCH3 is 2. The van der Waals surface area contributed by atoms with Crippen LogP contribution in [0.4, 0.5) is 0 Å². The number of hydrogen-bond donors (Lipinski definition) is 0. The molecular weight excluding hydrogens is 164 g/mol. The minimum Gasteiger partial charge on any atom is -0.385 e. The number of ether oxygens (including phenoxy) is 2. The van der Waals surface area contributed by atoms with E-state index in [-0.39, 0.29) is 0 Å². The Hall–Kier alpha value is -0.0800. The maximum Gasteiger partial charge on any atom is 0.0433 e. The highest BCUT2D eigenvalue weighted by Crippen LogP contribution is 1.56. The SMILES string of the molecule is CC.CCC.CCOC.CCOC. The molecule has 0 aliphatic rings. The second kappa shape index (κ2) is 58.7. The molecule has 0 aromatic heterocycles. The number of rotatable bonds is 2. The molecule has 0 saturated heterocycles. The van der Waals surface area contributed by atoms with Crippen LogP contribution in [0.25, 0.3) is 0 Å². The number of hydrogen-bond acceptors (Lipinski definition) is 2. The van der Waals surface area contributed by atoms with Crippen molar-refractivity contribution >= 4 is 0 Å². The van der Waals surface area contributed by atoms with Crippen molar-refractivity contribution in [1.82, 2.24) is 0 Å². The van der Waals surface area contributed by atoms with E-state index in [4.69, 9.17) is 0 Å². The summed E-state index contributed by atoms with van der Waals surface area (Å²) in [6.45, 7) is 13.8. The van der Waals surface area contributed by atoms with Gasteiger partial charge in [-0.2, -0.15) is 0 Å². The van der Waals surface area contributed by atoms with Crippen LogP contribution < -0.4 is 0 Å². The van der Waals surface area contributed by atoms with Crippen LogP contribution in [0.15, 0.2) is 0 Å². The highest BCUT2D eigenvalue weighted by Gasteiger charge is 1.52. The van der Waals surface area contributed by atoms with Gasteiger partial charge in [0.1, 0.15) is 0 Å². The maximum absolute atomic E-state index is 4.54. The van der Waals surface area contributed by atoms with E-state index >= 15 is 0 Å². The summed E-state index contributed by atoms with van der Waals surface area (Å²) in [6.07, 6.45) is 1.25. The molecule has 2 heteroatoms. The van der Waals surface area contributed by atoms with E-state index < -0.39 is 0 Å². The molecule has 0 amide bonds. The van der Waals surface area contributed by atoms with Crippen LogP contribution >= 0.6 is 0 Å². The summed E-state index contributed by atoms with van der Waals surface area (Å²) in [5.74, 6) is 0. The van der Waals surface area contributed by atoms with Crippen LogP contribution in [-0.4, -0.2) is 27.4 Å². The van der Waals surface area contributed by atoms with Gasteiger partial charge in [0.2, 0.25) is 0 Å². The lowest BCUT2D eigenvalue weighted by atomic mass is 10.6. The first-order valence-electron chi connectivity index (χ1n) is 5.22. The smallest absolute Gasteiger partial charge is 0.0433 e. The molecule has 13 heavy (non-hydrogen) atoms. The standard InChI is InChI=1S/2C3H8O.C3H8.C2H6/c2*1-3-4-2;1-3-2;1-2/h2*3H2,1-2H3;3H2,1-2H3;1-2H3.